The van der Waals surface area contributed by atoms with Gasteiger partial charge < -0.3 is 25.1 Å². The molecular formula is C62H80F2HfNO2P-2. The Labute approximate surface area is 435 Å². The van der Waals surface area contributed by atoms with Gasteiger partial charge in [0.25, 0.3) is 0 Å². The van der Waals surface area contributed by atoms with Gasteiger partial charge >= 0.3 is 0 Å². The van der Waals surface area contributed by atoms with Crippen molar-refractivity contribution in [3.63, 3.8) is 0 Å². The van der Waals surface area contributed by atoms with Crippen molar-refractivity contribution in [3.05, 3.63) is 128 Å². The van der Waals surface area contributed by atoms with E-state index >= 15 is 8.78 Å². The molecule has 1 saturated heterocycles. The zero-order valence-corrected chi connectivity index (χ0v) is 48.6. The van der Waals surface area contributed by atoms with Crippen LogP contribution in [0.15, 0.2) is 78.9 Å². The first-order chi connectivity index (χ1) is 31.0. The van der Waals surface area contributed by atoms with Crippen LogP contribution in [0.1, 0.15) is 161 Å². The Kier molecular flexibility index (Phi) is 16.0. The third-order valence-corrected chi connectivity index (χ3v) is 19.2. The molecule has 3 nitrogen and oxygen atoms in total. The van der Waals surface area contributed by atoms with Crippen LogP contribution in [0.2, 0.25) is 0 Å². The molecule has 69 heavy (non-hydrogen) atoms. The maximum atomic E-state index is 16.4. The van der Waals surface area contributed by atoms with Crippen LogP contribution < -0.4 is 0 Å². The number of hydrogen-bond acceptors (Lipinski definition) is 3. The molecule has 3 saturated carbocycles. The minimum Gasteiger partial charge on any atom is -0.507 e. The Morgan fingerprint density at radius 1 is 0.580 bits per heavy atom. The molecule has 7 unspecified atom stereocenters. The van der Waals surface area contributed by atoms with Gasteiger partial charge in [0.2, 0.25) is 0 Å². The third kappa shape index (κ3) is 10.5. The van der Waals surface area contributed by atoms with Crippen molar-refractivity contribution in [3.8, 4) is 56.3 Å². The van der Waals surface area contributed by atoms with Crippen LogP contribution in [0.25, 0.3) is 44.8 Å². The number of rotatable bonds is 8. The van der Waals surface area contributed by atoms with Gasteiger partial charge in [-0.25, -0.2) is 13.8 Å². The summed E-state index contributed by atoms with van der Waals surface area (Å²) in [7, 11) is -0.0578. The summed E-state index contributed by atoms with van der Waals surface area (Å²) >= 11 is 0. The molecule has 0 spiro atoms. The van der Waals surface area contributed by atoms with E-state index in [1.165, 1.54) is 24.5 Å². The van der Waals surface area contributed by atoms with Crippen LogP contribution in [0.4, 0.5) is 8.78 Å². The zero-order valence-electron chi connectivity index (χ0n) is 44.1. The standard InChI is InChI=1S/C60H74F2NO2P.2CH3.Hf/c1-36(2)40-15-17-44(48-23-42(61)25-50(54(48)64)59-20-19-57(9,33-59)35-66(11)30-39(6)29-59)46(21-40)52-13-12-14-53(63-52)47-22-41(37(3)4)16-18-45(47)49-24-43(62)26-51(55(49)65)60-28-38(5)27-58(10,34-60)31-56(7,8)32-60;;;/h12-18,21-26,36-39,64-65H,19-20,27-35H2,1-11H3;2*1H3;/q;2*-1;. The van der Waals surface area contributed by atoms with Crippen LogP contribution in [0, 0.1) is 54.6 Å². The van der Waals surface area contributed by atoms with Gasteiger partial charge in [0, 0.05) is 64.6 Å². The van der Waals surface area contributed by atoms with E-state index in [4.69, 9.17) is 4.98 Å². The first-order valence-corrected chi connectivity index (χ1v) is 27.2. The molecule has 4 aliphatic rings. The molecule has 4 fully saturated rings. The molecule has 1 aromatic heterocycles. The summed E-state index contributed by atoms with van der Waals surface area (Å²) in [6.07, 6.45) is 11.4. The fraction of sp³-hybridized carbons (Fsp3) is 0.500. The number of nitrogens with zero attached hydrogens (tertiary/aromatic N) is 1. The second-order valence-corrected chi connectivity index (χ2v) is 27.0. The van der Waals surface area contributed by atoms with Crippen molar-refractivity contribution in [1.82, 2.24) is 4.98 Å². The van der Waals surface area contributed by atoms with E-state index in [1.54, 1.807) is 12.1 Å². The minimum atomic E-state index is -0.341. The van der Waals surface area contributed by atoms with Gasteiger partial charge in [-0.2, -0.15) is 0 Å². The number of pyridine rings is 1. The summed E-state index contributed by atoms with van der Waals surface area (Å²) in [5.74, 6) is 1.06. The Hall–Kier alpha value is -3.21. The summed E-state index contributed by atoms with van der Waals surface area (Å²) in [4.78, 5) is 5.44. The molecule has 3 aliphatic carbocycles. The fourth-order valence-corrected chi connectivity index (χ4v) is 18.2. The maximum Gasteiger partial charge on any atom is 0.127 e. The topological polar surface area (TPSA) is 53.4 Å². The van der Waals surface area contributed by atoms with Crippen molar-refractivity contribution in [2.24, 2.45) is 28.1 Å². The van der Waals surface area contributed by atoms with E-state index in [1.807, 2.05) is 30.3 Å². The molecule has 9 rings (SSSR count). The van der Waals surface area contributed by atoms with E-state index in [2.05, 4.69) is 100 Å². The Morgan fingerprint density at radius 2 is 1.07 bits per heavy atom. The molecule has 2 N–H and O–H groups in total. The van der Waals surface area contributed by atoms with Gasteiger partial charge in [-0.3, -0.25) is 0 Å². The molecule has 0 amide bonds. The van der Waals surface area contributed by atoms with E-state index in [0.717, 1.165) is 102 Å². The van der Waals surface area contributed by atoms with Gasteiger partial charge in [-0.15, -0.1) is 7.92 Å². The van der Waals surface area contributed by atoms with E-state index in [-0.39, 0.29) is 111 Å². The molecule has 2 heterocycles. The Bertz CT molecular complexity index is 2690. The predicted molar refractivity (Wildman–Crippen MR) is 286 cm³/mol. The second-order valence-electron chi connectivity index (χ2n) is 24.6. The zero-order chi connectivity index (χ0) is 47.3. The number of phenols is 2. The molecule has 1 aliphatic heterocycles. The molecular weight excluding hydrogens is 1040 g/mol. The van der Waals surface area contributed by atoms with Crippen molar-refractivity contribution >= 4 is 7.92 Å². The van der Waals surface area contributed by atoms with E-state index in [9.17, 15) is 10.2 Å². The van der Waals surface area contributed by atoms with Gasteiger partial charge in [0.1, 0.15) is 23.1 Å². The molecule has 4 bridgehead atoms. The summed E-state index contributed by atoms with van der Waals surface area (Å²) in [6, 6.07) is 24.9. The Morgan fingerprint density at radius 3 is 1.59 bits per heavy atom. The van der Waals surface area contributed by atoms with Crippen LogP contribution >= 0.6 is 7.92 Å². The fourth-order valence-electron chi connectivity index (χ4n) is 15.3. The van der Waals surface area contributed by atoms with Crippen molar-refractivity contribution in [2.75, 3.05) is 19.0 Å². The Balaban J connectivity index is 0.00000261. The largest absolute Gasteiger partial charge is 0.507 e. The first-order valence-electron chi connectivity index (χ1n) is 25.0. The van der Waals surface area contributed by atoms with E-state index in [0.29, 0.717) is 34.4 Å². The number of benzene rings is 4. The molecule has 4 aromatic carbocycles. The summed E-state index contributed by atoms with van der Waals surface area (Å²) in [6.45, 7) is 25.3. The second kappa shape index (κ2) is 20.0. The minimum absolute atomic E-state index is 0. The predicted octanol–water partition coefficient (Wildman–Crippen LogP) is 18.0. The van der Waals surface area contributed by atoms with Crippen LogP contribution in [-0.4, -0.2) is 34.2 Å². The summed E-state index contributed by atoms with van der Waals surface area (Å²) in [5, 5.41) is 25.2. The van der Waals surface area contributed by atoms with E-state index < -0.39 is 0 Å². The van der Waals surface area contributed by atoms with Crippen molar-refractivity contribution in [1.29, 1.82) is 0 Å². The van der Waals surface area contributed by atoms with Gasteiger partial charge in [0.05, 0.1) is 11.4 Å². The van der Waals surface area contributed by atoms with Gasteiger partial charge in [-0.1, -0.05) is 99.6 Å². The molecule has 7 heteroatoms. The number of aromatic hydroxyl groups is 2. The number of fused-ring (bicyclic) bond motifs is 4. The number of hydrogen-bond donors (Lipinski definition) is 2. The summed E-state index contributed by atoms with van der Waals surface area (Å²) in [5.41, 5.74) is 8.93. The average molecular weight is 1120 g/mol. The third-order valence-electron chi connectivity index (χ3n) is 16.6. The average Bonchev–Trinajstić information content (AvgIpc) is 3.56. The van der Waals surface area contributed by atoms with Crippen molar-refractivity contribution in [2.45, 2.75) is 150 Å². The molecule has 370 valence electrons. The SMILES string of the molecule is CC1CP(C)CC2(C)CCC(c3cc(F)cc(-c4ccc(C(C)C)cc4-c4cccc(-c5cc(C(C)C)ccc5-c5cc(F)cc(C67CC(C)CC(C)(CC(C)(C)C6)C7)c5O)n4)c3O)(C1)C2.[CH3-].[CH3-].[Hf]. The normalized spacial score (nSPS) is 28.2. The van der Waals surface area contributed by atoms with Crippen LogP contribution in [0.3, 0.4) is 0 Å². The molecule has 7 atom stereocenters. The summed E-state index contributed by atoms with van der Waals surface area (Å²) < 4.78 is 32.7. The first kappa shape index (κ1) is 55.1. The smallest absolute Gasteiger partial charge is 0.127 e. The monoisotopic (exact) mass is 1120 g/mol. The van der Waals surface area contributed by atoms with Crippen LogP contribution in [0.5, 0.6) is 11.5 Å². The number of aromatic nitrogens is 1. The van der Waals surface area contributed by atoms with Crippen LogP contribution in [-0.2, 0) is 36.7 Å². The quantitative estimate of drug-likeness (QED) is 0.0925. The number of phenolic OH excluding ortho intramolecular Hbond substituents is 2. The van der Waals surface area contributed by atoms with Gasteiger partial charge in [0.15, 0.2) is 0 Å². The molecule has 0 radical (unpaired) electrons. The molecule has 5 aromatic rings. The maximum absolute atomic E-state index is 16.4. The number of halogens is 2. The van der Waals surface area contributed by atoms with Gasteiger partial charge in [-0.05, 0) is 193 Å². The van der Waals surface area contributed by atoms with Crippen molar-refractivity contribution < 1.29 is 44.8 Å².